The molecule has 0 saturated carbocycles. The summed E-state index contributed by atoms with van der Waals surface area (Å²) < 4.78 is 0.786. The maximum absolute atomic E-state index is 2.41. The Morgan fingerprint density at radius 3 is 2.43 bits per heavy atom. The first-order valence-electron chi connectivity index (χ1n) is 2.52. The highest BCUT2D eigenvalue weighted by Gasteiger charge is 1.86. The third-order valence-corrected chi connectivity index (χ3v) is 1.21. The van der Waals surface area contributed by atoms with Crippen molar-refractivity contribution in [3.63, 3.8) is 0 Å². The summed E-state index contributed by atoms with van der Waals surface area (Å²) in [5.41, 5.74) is 0. The minimum Gasteiger partial charge on any atom is -0.0916 e. The van der Waals surface area contributed by atoms with Crippen molar-refractivity contribution in [2.24, 2.45) is 0 Å². The van der Waals surface area contributed by atoms with Crippen LogP contribution in [-0.4, -0.2) is 3.92 Å². The van der Waals surface area contributed by atoms with E-state index < -0.39 is 0 Å². The van der Waals surface area contributed by atoms with Crippen LogP contribution in [0.2, 0.25) is 0 Å². The standard InChI is InChI=1S/C6H11I/c1-3-4-5-6(2)7/h3-4,6H,5H2,1-2H3/b4-3+/t6-/m1/s1. The van der Waals surface area contributed by atoms with E-state index in [0.29, 0.717) is 0 Å². The van der Waals surface area contributed by atoms with E-state index in [1.54, 1.807) is 0 Å². The Kier molecular flexibility index (Phi) is 4.94. The van der Waals surface area contributed by atoms with Gasteiger partial charge in [0, 0.05) is 3.92 Å². The zero-order valence-corrected chi connectivity index (χ0v) is 6.97. The Hall–Kier alpha value is 0.470. The van der Waals surface area contributed by atoms with Crippen molar-refractivity contribution in [2.75, 3.05) is 0 Å². The average Bonchev–Trinajstić information content (AvgIpc) is 1.61. The summed E-state index contributed by atoms with van der Waals surface area (Å²) in [5, 5.41) is 0. The van der Waals surface area contributed by atoms with E-state index in [2.05, 4.69) is 48.6 Å². The molecule has 0 radical (unpaired) electrons. The summed E-state index contributed by atoms with van der Waals surface area (Å²) in [6.45, 7) is 4.26. The van der Waals surface area contributed by atoms with Gasteiger partial charge in [0.05, 0.1) is 0 Å². The molecule has 0 spiro atoms. The molecule has 0 heterocycles. The van der Waals surface area contributed by atoms with Crippen LogP contribution in [0.5, 0.6) is 0 Å². The van der Waals surface area contributed by atoms with Gasteiger partial charge in [0.15, 0.2) is 0 Å². The van der Waals surface area contributed by atoms with E-state index >= 15 is 0 Å². The van der Waals surface area contributed by atoms with Gasteiger partial charge >= 0.3 is 0 Å². The summed E-state index contributed by atoms with van der Waals surface area (Å²) >= 11 is 2.41. The highest BCUT2D eigenvalue weighted by Crippen LogP contribution is 2.03. The molecule has 0 unspecified atom stereocenters. The van der Waals surface area contributed by atoms with Crippen molar-refractivity contribution in [1.82, 2.24) is 0 Å². The van der Waals surface area contributed by atoms with Crippen LogP contribution in [0.4, 0.5) is 0 Å². The van der Waals surface area contributed by atoms with Gasteiger partial charge < -0.3 is 0 Å². The number of rotatable bonds is 2. The molecule has 0 aromatic rings. The maximum atomic E-state index is 2.41. The summed E-state index contributed by atoms with van der Waals surface area (Å²) in [6, 6.07) is 0. The van der Waals surface area contributed by atoms with Crippen LogP contribution < -0.4 is 0 Å². The van der Waals surface area contributed by atoms with Crippen molar-refractivity contribution >= 4 is 22.6 Å². The Balaban J connectivity index is 2.97. The van der Waals surface area contributed by atoms with Crippen molar-refractivity contribution in [3.8, 4) is 0 Å². The molecule has 0 N–H and O–H groups in total. The fourth-order valence-corrected chi connectivity index (χ4v) is 0.617. The fourth-order valence-electron chi connectivity index (χ4n) is 0.324. The summed E-state index contributed by atoms with van der Waals surface area (Å²) in [5.74, 6) is 0. The maximum Gasteiger partial charge on any atom is 0.0116 e. The first-order chi connectivity index (χ1) is 3.27. The predicted molar refractivity (Wildman–Crippen MR) is 42.9 cm³/mol. The van der Waals surface area contributed by atoms with Crippen LogP contribution >= 0.6 is 22.6 Å². The van der Waals surface area contributed by atoms with Gasteiger partial charge in [-0.05, 0) is 13.3 Å². The molecule has 0 fully saturated rings. The van der Waals surface area contributed by atoms with Gasteiger partial charge in [-0.1, -0.05) is 41.7 Å². The molecule has 1 heteroatoms. The molecule has 0 rings (SSSR count). The second-order valence-electron chi connectivity index (χ2n) is 1.59. The molecular formula is C6H11I. The molecule has 1 atom stereocenters. The lowest BCUT2D eigenvalue weighted by atomic mass is 10.3. The lowest BCUT2D eigenvalue weighted by molar-refractivity contribution is 1.02. The van der Waals surface area contributed by atoms with Gasteiger partial charge in [-0.2, -0.15) is 0 Å². The number of hydrogen-bond donors (Lipinski definition) is 0. The van der Waals surface area contributed by atoms with Gasteiger partial charge in [-0.3, -0.25) is 0 Å². The lowest BCUT2D eigenvalue weighted by Crippen LogP contribution is -1.82. The predicted octanol–water partition coefficient (Wildman–Crippen LogP) is 2.78. The third kappa shape index (κ3) is 6.47. The molecule has 0 aliphatic carbocycles. The van der Waals surface area contributed by atoms with Crippen LogP contribution in [0.25, 0.3) is 0 Å². The van der Waals surface area contributed by atoms with E-state index in [1.807, 2.05) is 0 Å². The Morgan fingerprint density at radius 1 is 1.71 bits per heavy atom. The number of halogens is 1. The molecule has 42 valence electrons. The van der Waals surface area contributed by atoms with E-state index in [0.717, 1.165) is 3.92 Å². The van der Waals surface area contributed by atoms with Crippen LogP contribution in [-0.2, 0) is 0 Å². The Morgan fingerprint density at radius 2 is 2.29 bits per heavy atom. The second kappa shape index (κ2) is 4.62. The van der Waals surface area contributed by atoms with Gasteiger partial charge in [-0.15, -0.1) is 0 Å². The normalized spacial score (nSPS) is 15.3. The molecule has 0 aliphatic rings. The Labute approximate surface area is 59.1 Å². The molecule has 0 aromatic heterocycles. The first kappa shape index (κ1) is 7.47. The van der Waals surface area contributed by atoms with Crippen molar-refractivity contribution in [3.05, 3.63) is 12.2 Å². The molecule has 0 aliphatic heterocycles. The topological polar surface area (TPSA) is 0 Å². The van der Waals surface area contributed by atoms with E-state index in [9.17, 15) is 0 Å². The van der Waals surface area contributed by atoms with Crippen molar-refractivity contribution < 1.29 is 0 Å². The zero-order valence-electron chi connectivity index (χ0n) is 4.82. The molecule has 0 saturated heterocycles. The molecule has 0 amide bonds. The van der Waals surface area contributed by atoms with Crippen LogP contribution in [0.3, 0.4) is 0 Å². The van der Waals surface area contributed by atoms with E-state index in [-0.39, 0.29) is 0 Å². The Bertz CT molecular complexity index is 55.2. The van der Waals surface area contributed by atoms with Crippen molar-refractivity contribution in [2.45, 2.75) is 24.2 Å². The minimum atomic E-state index is 0.786. The highest BCUT2D eigenvalue weighted by molar-refractivity contribution is 14.1. The molecule has 0 nitrogen and oxygen atoms in total. The van der Waals surface area contributed by atoms with E-state index in [4.69, 9.17) is 0 Å². The van der Waals surface area contributed by atoms with Gasteiger partial charge in [0.1, 0.15) is 0 Å². The molecular weight excluding hydrogens is 199 g/mol. The van der Waals surface area contributed by atoms with Gasteiger partial charge in [0.2, 0.25) is 0 Å². The largest absolute Gasteiger partial charge is 0.0916 e. The highest BCUT2D eigenvalue weighted by atomic mass is 127. The van der Waals surface area contributed by atoms with Gasteiger partial charge in [-0.25, -0.2) is 0 Å². The minimum absolute atomic E-state index is 0.786. The second-order valence-corrected chi connectivity index (χ2v) is 3.71. The van der Waals surface area contributed by atoms with Crippen LogP contribution in [0, 0.1) is 0 Å². The first-order valence-corrected chi connectivity index (χ1v) is 3.77. The SMILES string of the molecule is C/C=C/C[C@@H](C)I. The van der Waals surface area contributed by atoms with Crippen LogP contribution in [0.1, 0.15) is 20.3 Å². The molecule has 7 heavy (non-hydrogen) atoms. The molecule has 0 aromatic carbocycles. The number of alkyl halides is 1. The monoisotopic (exact) mass is 210 g/mol. The zero-order chi connectivity index (χ0) is 5.70. The quantitative estimate of drug-likeness (QED) is 0.373. The summed E-state index contributed by atoms with van der Waals surface area (Å²) in [7, 11) is 0. The lowest BCUT2D eigenvalue weighted by Gasteiger charge is -1.91. The van der Waals surface area contributed by atoms with Crippen LogP contribution in [0.15, 0.2) is 12.2 Å². The third-order valence-electron chi connectivity index (χ3n) is 0.697. The summed E-state index contributed by atoms with van der Waals surface area (Å²) in [6.07, 6.45) is 5.49. The van der Waals surface area contributed by atoms with E-state index in [1.165, 1.54) is 6.42 Å². The number of allylic oxidation sites excluding steroid dienone is 2. The average molecular weight is 210 g/mol. The smallest absolute Gasteiger partial charge is 0.0116 e. The van der Waals surface area contributed by atoms with Gasteiger partial charge in [0.25, 0.3) is 0 Å². The number of hydrogen-bond acceptors (Lipinski definition) is 0. The summed E-state index contributed by atoms with van der Waals surface area (Å²) in [4.78, 5) is 0. The molecule has 0 bridgehead atoms. The fraction of sp³-hybridized carbons (Fsp3) is 0.667. The van der Waals surface area contributed by atoms with Crippen molar-refractivity contribution in [1.29, 1.82) is 0 Å².